The van der Waals surface area contributed by atoms with Gasteiger partial charge in [-0.1, -0.05) is 6.92 Å². The second kappa shape index (κ2) is 8.97. The van der Waals surface area contributed by atoms with Crippen molar-refractivity contribution in [3.05, 3.63) is 0 Å². The molecule has 0 saturated heterocycles. The van der Waals surface area contributed by atoms with E-state index in [0.29, 0.717) is 13.2 Å². The summed E-state index contributed by atoms with van der Waals surface area (Å²) < 4.78 is 11.2. The van der Waals surface area contributed by atoms with Crippen molar-refractivity contribution in [1.29, 1.82) is 0 Å². The van der Waals surface area contributed by atoms with Crippen LogP contribution in [0.1, 0.15) is 47.5 Å². The first-order valence-corrected chi connectivity index (χ1v) is 6.44. The van der Waals surface area contributed by atoms with Gasteiger partial charge in [-0.05, 0) is 53.6 Å². The molecule has 16 heavy (non-hydrogen) atoms. The molecule has 0 amide bonds. The summed E-state index contributed by atoms with van der Waals surface area (Å²) in [7, 11) is 0. The number of hydrogen-bond acceptors (Lipinski definition) is 3. The maximum absolute atomic E-state index is 5.80. The predicted molar refractivity (Wildman–Crippen MR) is 68.9 cm³/mol. The highest BCUT2D eigenvalue weighted by atomic mass is 16.5. The van der Waals surface area contributed by atoms with Gasteiger partial charge in [0.25, 0.3) is 0 Å². The van der Waals surface area contributed by atoms with Crippen LogP contribution >= 0.6 is 0 Å². The third-order valence-electron chi connectivity index (χ3n) is 2.36. The molecule has 1 N–H and O–H groups in total. The Labute approximate surface area is 101 Å². The SMILES string of the molecule is CCCNCCC(C)(C)OCCOC(C)C. The molecule has 0 aromatic heterocycles. The fraction of sp³-hybridized carbons (Fsp3) is 1.00. The maximum Gasteiger partial charge on any atom is 0.0707 e. The lowest BCUT2D eigenvalue weighted by atomic mass is 10.1. The van der Waals surface area contributed by atoms with E-state index in [2.05, 4.69) is 26.1 Å². The zero-order valence-corrected chi connectivity index (χ0v) is 11.6. The molecule has 0 aliphatic heterocycles. The molecule has 0 aromatic carbocycles. The molecule has 0 atom stereocenters. The molecule has 0 rings (SSSR count). The fourth-order valence-corrected chi connectivity index (χ4v) is 1.37. The lowest BCUT2D eigenvalue weighted by Crippen LogP contribution is -2.31. The molecule has 0 aromatic rings. The van der Waals surface area contributed by atoms with Gasteiger partial charge in [0.1, 0.15) is 0 Å². The Balaban J connectivity index is 3.46. The minimum absolute atomic E-state index is 0.0545. The first-order valence-electron chi connectivity index (χ1n) is 6.44. The summed E-state index contributed by atoms with van der Waals surface area (Å²) in [6.07, 6.45) is 2.51. The van der Waals surface area contributed by atoms with Crippen molar-refractivity contribution in [3.63, 3.8) is 0 Å². The molecule has 0 fully saturated rings. The Morgan fingerprint density at radius 1 is 1.12 bits per heavy atom. The molecule has 0 spiro atoms. The minimum atomic E-state index is -0.0545. The normalized spacial score (nSPS) is 12.4. The molecule has 0 aliphatic carbocycles. The Morgan fingerprint density at radius 3 is 2.38 bits per heavy atom. The van der Waals surface area contributed by atoms with Gasteiger partial charge in [0.15, 0.2) is 0 Å². The second-order valence-electron chi connectivity index (χ2n) is 5.03. The van der Waals surface area contributed by atoms with Crippen LogP contribution in [0.15, 0.2) is 0 Å². The smallest absolute Gasteiger partial charge is 0.0707 e. The molecule has 0 aliphatic rings. The van der Waals surface area contributed by atoms with Gasteiger partial charge in [0.05, 0.1) is 24.9 Å². The molecule has 3 nitrogen and oxygen atoms in total. The predicted octanol–water partition coefficient (Wildman–Crippen LogP) is 2.60. The Kier molecular flexibility index (Phi) is 8.90. The third kappa shape index (κ3) is 10.4. The summed E-state index contributed by atoms with van der Waals surface area (Å²) in [5, 5.41) is 3.39. The van der Waals surface area contributed by atoms with E-state index in [9.17, 15) is 0 Å². The number of ether oxygens (including phenoxy) is 2. The van der Waals surface area contributed by atoms with Gasteiger partial charge in [-0.3, -0.25) is 0 Å². The van der Waals surface area contributed by atoms with E-state index < -0.39 is 0 Å². The monoisotopic (exact) mass is 231 g/mol. The number of nitrogens with one attached hydrogen (secondary N) is 1. The van der Waals surface area contributed by atoms with Crippen molar-refractivity contribution < 1.29 is 9.47 Å². The molecule has 0 radical (unpaired) electrons. The van der Waals surface area contributed by atoms with Crippen LogP contribution in [-0.2, 0) is 9.47 Å². The van der Waals surface area contributed by atoms with Gasteiger partial charge in [-0.25, -0.2) is 0 Å². The molecule has 98 valence electrons. The maximum atomic E-state index is 5.80. The van der Waals surface area contributed by atoms with Crippen LogP contribution in [0.5, 0.6) is 0 Å². The van der Waals surface area contributed by atoms with Crippen molar-refractivity contribution in [1.82, 2.24) is 5.32 Å². The average Bonchev–Trinajstić information content (AvgIpc) is 2.19. The summed E-state index contributed by atoms with van der Waals surface area (Å²) in [4.78, 5) is 0. The Hall–Kier alpha value is -0.120. The highest BCUT2D eigenvalue weighted by Gasteiger charge is 2.17. The van der Waals surface area contributed by atoms with E-state index in [0.717, 1.165) is 19.5 Å². The first-order chi connectivity index (χ1) is 7.48. The zero-order valence-electron chi connectivity index (χ0n) is 11.6. The highest BCUT2D eigenvalue weighted by Crippen LogP contribution is 2.13. The molecule has 0 heterocycles. The Bertz CT molecular complexity index is 158. The summed E-state index contributed by atoms with van der Waals surface area (Å²) in [6, 6.07) is 0. The van der Waals surface area contributed by atoms with Gasteiger partial charge in [-0.2, -0.15) is 0 Å². The van der Waals surface area contributed by atoms with Crippen molar-refractivity contribution in [2.75, 3.05) is 26.3 Å². The largest absolute Gasteiger partial charge is 0.376 e. The standard InChI is InChI=1S/C13H29NO2/c1-6-8-14-9-7-13(4,5)16-11-10-15-12(2)3/h12,14H,6-11H2,1-5H3. The van der Waals surface area contributed by atoms with Crippen LogP contribution < -0.4 is 5.32 Å². The average molecular weight is 231 g/mol. The van der Waals surface area contributed by atoms with E-state index in [1.165, 1.54) is 6.42 Å². The molecule has 0 unspecified atom stereocenters. The number of hydrogen-bond donors (Lipinski definition) is 1. The summed E-state index contributed by atoms with van der Waals surface area (Å²) >= 11 is 0. The van der Waals surface area contributed by atoms with Crippen LogP contribution in [-0.4, -0.2) is 38.0 Å². The van der Waals surface area contributed by atoms with Gasteiger partial charge in [0, 0.05) is 0 Å². The van der Waals surface area contributed by atoms with Gasteiger partial charge < -0.3 is 14.8 Å². The lowest BCUT2D eigenvalue weighted by Gasteiger charge is -2.25. The van der Waals surface area contributed by atoms with Crippen molar-refractivity contribution in [2.24, 2.45) is 0 Å². The quantitative estimate of drug-likeness (QED) is 0.586. The van der Waals surface area contributed by atoms with E-state index >= 15 is 0 Å². The van der Waals surface area contributed by atoms with Crippen LogP contribution in [0.4, 0.5) is 0 Å². The summed E-state index contributed by atoms with van der Waals surface area (Å²) in [5.41, 5.74) is -0.0545. The van der Waals surface area contributed by atoms with Crippen molar-refractivity contribution in [2.45, 2.75) is 59.2 Å². The van der Waals surface area contributed by atoms with Gasteiger partial charge >= 0.3 is 0 Å². The van der Waals surface area contributed by atoms with Gasteiger partial charge in [-0.15, -0.1) is 0 Å². The number of rotatable bonds is 10. The molecule has 0 saturated carbocycles. The highest BCUT2D eigenvalue weighted by molar-refractivity contribution is 4.69. The van der Waals surface area contributed by atoms with E-state index in [-0.39, 0.29) is 11.7 Å². The lowest BCUT2D eigenvalue weighted by molar-refractivity contribution is -0.0585. The Morgan fingerprint density at radius 2 is 1.81 bits per heavy atom. The topological polar surface area (TPSA) is 30.5 Å². The van der Waals surface area contributed by atoms with E-state index in [1.54, 1.807) is 0 Å². The summed E-state index contributed by atoms with van der Waals surface area (Å²) in [6.45, 7) is 14.0. The van der Waals surface area contributed by atoms with Crippen LogP contribution in [0, 0.1) is 0 Å². The van der Waals surface area contributed by atoms with Crippen LogP contribution in [0.2, 0.25) is 0 Å². The van der Waals surface area contributed by atoms with E-state index in [4.69, 9.17) is 9.47 Å². The first kappa shape index (κ1) is 15.9. The van der Waals surface area contributed by atoms with Gasteiger partial charge in [0.2, 0.25) is 0 Å². The van der Waals surface area contributed by atoms with Crippen molar-refractivity contribution >= 4 is 0 Å². The molecule has 0 bridgehead atoms. The molecular formula is C13H29NO2. The fourth-order valence-electron chi connectivity index (χ4n) is 1.37. The van der Waals surface area contributed by atoms with E-state index in [1.807, 2.05) is 13.8 Å². The summed E-state index contributed by atoms with van der Waals surface area (Å²) in [5.74, 6) is 0. The van der Waals surface area contributed by atoms with Crippen LogP contribution in [0.3, 0.4) is 0 Å². The minimum Gasteiger partial charge on any atom is -0.376 e. The third-order valence-corrected chi connectivity index (χ3v) is 2.36. The second-order valence-corrected chi connectivity index (χ2v) is 5.03. The molecular weight excluding hydrogens is 202 g/mol. The molecule has 3 heteroatoms. The zero-order chi connectivity index (χ0) is 12.4. The van der Waals surface area contributed by atoms with Crippen LogP contribution in [0.25, 0.3) is 0 Å². The van der Waals surface area contributed by atoms with Crippen molar-refractivity contribution in [3.8, 4) is 0 Å².